The Labute approximate surface area is 166 Å². The first kappa shape index (κ1) is 22.2. The van der Waals surface area contributed by atoms with Crippen molar-refractivity contribution in [3.63, 3.8) is 0 Å². The number of rotatable bonds is 4. The Morgan fingerprint density at radius 2 is 1.29 bits per heavy atom. The Balaban J connectivity index is 2.61. The lowest BCUT2D eigenvalue weighted by molar-refractivity contribution is -0.0852. The summed E-state index contributed by atoms with van der Waals surface area (Å²) in [5.41, 5.74) is 0.0773. The molecule has 0 radical (unpaired) electrons. The number of benzene rings is 2. The van der Waals surface area contributed by atoms with Crippen molar-refractivity contribution >= 4 is 17.0 Å². The zero-order valence-corrected chi connectivity index (χ0v) is 17.8. The molecular formula is C24H30F3N. The molecular weight excluding hydrogens is 359 g/mol. The van der Waals surface area contributed by atoms with Gasteiger partial charge in [0.25, 0.3) is 0 Å². The summed E-state index contributed by atoms with van der Waals surface area (Å²) in [5.74, 6) is 0. The Bertz CT molecular complexity index is 910. The normalized spacial score (nSPS) is 14.1. The first-order valence-corrected chi connectivity index (χ1v) is 9.43. The van der Waals surface area contributed by atoms with E-state index >= 15 is 0 Å². The maximum atomic E-state index is 12.8. The van der Waals surface area contributed by atoms with E-state index < -0.39 is 22.7 Å². The van der Waals surface area contributed by atoms with Crippen LogP contribution in [0, 0.1) is 0 Å². The Morgan fingerprint density at radius 3 is 1.75 bits per heavy atom. The third-order valence-electron chi connectivity index (χ3n) is 5.84. The molecule has 0 fully saturated rings. The number of hydrogen-bond acceptors (Lipinski definition) is 1. The summed E-state index contributed by atoms with van der Waals surface area (Å²) in [6, 6.07) is 12.4. The number of hydrogen-bond donors (Lipinski definition) is 0. The van der Waals surface area contributed by atoms with E-state index in [1.807, 2.05) is 39.8 Å². The molecule has 0 bridgehead atoms. The molecule has 0 atom stereocenters. The molecule has 2 aromatic carbocycles. The van der Waals surface area contributed by atoms with Crippen molar-refractivity contribution in [3.05, 3.63) is 59.7 Å². The predicted octanol–water partition coefficient (Wildman–Crippen LogP) is 7.38. The van der Waals surface area contributed by atoms with Gasteiger partial charge in [-0.05, 0) is 41.2 Å². The largest absolute Gasteiger partial charge is 0.417 e. The van der Waals surface area contributed by atoms with Gasteiger partial charge in [-0.3, -0.25) is 4.99 Å². The Morgan fingerprint density at radius 1 is 0.821 bits per heavy atom. The van der Waals surface area contributed by atoms with E-state index in [0.717, 1.165) is 17.2 Å². The van der Waals surface area contributed by atoms with Gasteiger partial charge in [0.05, 0.1) is 11.1 Å². The second kappa shape index (κ2) is 7.06. The van der Waals surface area contributed by atoms with Gasteiger partial charge >= 0.3 is 6.18 Å². The van der Waals surface area contributed by atoms with E-state index in [9.17, 15) is 13.2 Å². The number of allylic oxidation sites excluding steroid dienone is 1. The molecule has 2 aromatic rings. The average Bonchev–Trinajstić information content (AvgIpc) is 2.56. The minimum absolute atomic E-state index is 0.0135. The van der Waals surface area contributed by atoms with Crippen LogP contribution in [-0.4, -0.2) is 17.9 Å². The van der Waals surface area contributed by atoms with Crippen LogP contribution >= 0.6 is 0 Å². The third kappa shape index (κ3) is 4.16. The average molecular weight is 390 g/mol. The molecule has 0 aliphatic rings. The number of alkyl halides is 3. The van der Waals surface area contributed by atoms with Gasteiger partial charge in [0, 0.05) is 11.6 Å². The third-order valence-corrected chi connectivity index (χ3v) is 5.84. The van der Waals surface area contributed by atoms with E-state index in [-0.39, 0.29) is 5.41 Å². The summed E-state index contributed by atoms with van der Waals surface area (Å²) in [4.78, 5) is 4.30. The number of aliphatic imine (C=N–C) groups is 1. The highest BCUT2D eigenvalue weighted by atomic mass is 19.4. The van der Waals surface area contributed by atoms with Gasteiger partial charge in [-0.15, -0.1) is 0 Å². The van der Waals surface area contributed by atoms with E-state index in [1.54, 1.807) is 0 Å². The lowest BCUT2D eigenvalue weighted by Crippen LogP contribution is -2.41. The first-order valence-electron chi connectivity index (χ1n) is 9.43. The summed E-state index contributed by atoms with van der Waals surface area (Å²) in [6.45, 7) is 17.4. The molecule has 0 amide bonds. The highest BCUT2D eigenvalue weighted by Gasteiger charge is 2.40. The van der Waals surface area contributed by atoms with Crippen LogP contribution in [0.1, 0.15) is 59.6 Å². The van der Waals surface area contributed by atoms with Gasteiger partial charge in [0.1, 0.15) is 0 Å². The summed E-state index contributed by atoms with van der Waals surface area (Å²) in [6.07, 6.45) is -3.61. The van der Waals surface area contributed by atoms with Crippen LogP contribution < -0.4 is 0 Å². The summed E-state index contributed by atoms with van der Waals surface area (Å²) < 4.78 is 38.5. The van der Waals surface area contributed by atoms with Gasteiger partial charge in [0.2, 0.25) is 0 Å². The van der Waals surface area contributed by atoms with Crippen molar-refractivity contribution in [2.75, 3.05) is 0 Å². The Kier molecular flexibility index (Phi) is 5.59. The van der Waals surface area contributed by atoms with Crippen molar-refractivity contribution in [2.24, 2.45) is 4.99 Å². The molecule has 0 aliphatic heterocycles. The van der Waals surface area contributed by atoms with Gasteiger partial charge in [-0.1, -0.05) is 77.6 Å². The smallest absolute Gasteiger partial charge is 0.286 e. The van der Waals surface area contributed by atoms with Gasteiger partial charge < -0.3 is 0 Å². The molecule has 28 heavy (non-hydrogen) atoms. The van der Waals surface area contributed by atoms with E-state index in [0.29, 0.717) is 0 Å². The lowest BCUT2D eigenvalue weighted by atomic mass is 9.68. The molecule has 2 rings (SSSR count). The van der Waals surface area contributed by atoms with Crippen molar-refractivity contribution in [1.29, 1.82) is 0 Å². The molecule has 0 heterocycles. The van der Waals surface area contributed by atoms with Crippen LogP contribution in [0.5, 0.6) is 0 Å². The molecule has 4 heteroatoms. The molecule has 0 aromatic heterocycles. The number of halogens is 3. The summed E-state index contributed by atoms with van der Waals surface area (Å²) >= 11 is 0. The van der Waals surface area contributed by atoms with Crippen molar-refractivity contribution in [1.82, 2.24) is 0 Å². The van der Waals surface area contributed by atoms with Crippen molar-refractivity contribution < 1.29 is 13.2 Å². The first-order chi connectivity index (χ1) is 12.6. The quantitative estimate of drug-likeness (QED) is 0.484. The highest BCUT2D eigenvalue weighted by molar-refractivity contribution is 5.90. The van der Waals surface area contributed by atoms with E-state index in [1.165, 1.54) is 10.9 Å². The van der Waals surface area contributed by atoms with Crippen LogP contribution in [0.2, 0.25) is 0 Å². The topological polar surface area (TPSA) is 12.4 Å². The van der Waals surface area contributed by atoms with Gasteiger partial charge in [-0.2, -0.15) is 13.2 Å². The lowest BCUT2D eigenvalue weighted by Gasteiger charge is -2.40. The van der Waals surface area contributed by atoms with Gasteiger partial charge in [-0.25, -0.2) is 0 Å². The second-order valence-electron chi connectivity index (χ2n) is 9.42. The highest BCUT2D eigenvalue weighted by Crippen LogP contribution is 2.43. The standard InChI is InChI=1S/C24H30F3N/c1-16(24(25,26)27)15-28-23(7,8)22(5,6)20-14-13-19(21(2,3)4)17-11-9-10-12-18(17)20/h9-15H,1H2,2-8H3/b28-15+. The number of nitrogens with zero attached hydrogens (tertiary/aromatic N) is 1. The SMILES string of the molecule is C=C(/C=N/C(C)(C)C(C)(C)c1ccc(C(C)(C)C)c2ccccc12)C(F)(F)F. The summed E-state index contributed by atoms with van der Waals surface area (Å²) in [5, 5.41) is 2.28. The Hall–Kier alpha value is -2.10. The molecule has 0 aliphatic carbocycles. The second-order valence-corrected chi connectivity index (χ2v) is 9.42. The van der Waals surface area contributed by atoms with Crippen LogP contribution in [0.3, 0.4) is 0 Å². The number of fused-ring (bicyclic) bond motifs is 1. The summed E-state index contributed by atoms with van der Waals surface area (Å²) in [7, 11) is 0. The fraction of sp³-hybridized carbons (Fsp3) is 0.458. The van der Waals surface area contributed by atoms with Crippen LogP contribution in [0.4, 0.5) is 13.2 Å². The van der Waals surface area contributed by atoms with Gasteiger partial charge in [0.15, 0.2) is 0 Å². The fourth-order valence-electron chi connectivity index (χ4n) is 3.30. The predicted molar refractivity (Wildman–Crippen MR) is 113 cm³/mol. The molecule has 0 saturated carbocycles. The minimum Gasteiger partial charge on any atom is -0.286 e. The van der Waals surface area contributed by atoms with Crippen LogP contribution in [0.25, 0.3) is 10.8 Å². The van der Waals surface area contributed by atoms with Crippen LogP contribution in [0.15, 0.2) is 53.5 Å². The van der Waals surface area contributed by atoms with E-state index in [2.05, 4.69) is 56.6 Å². The van der Waals surface area contributed by atoms with Crippen LogP contribution in [-0.2, 0) is 10.8 Å². The van der Waals surface area contributed by atoms with E-state index in [4.69, 9.17) is 0 Å². The minimum atomic E-state index is -4.47. The molecule has 1 nitrogen and oxygen atoms in total. The molecule has 0 unspecified atom stereocenters. The monoisotopic (exact) mass is 389 g/mol. The molecule has 0 saturated heterocycles. The molecule has 0 spiro atoms. The van der Waals surface area contributed by atoms with Crippen molar-refractivity contribution in [3.8, 4) is 0 Å². The van der Waals surface area contributed by atoms with Crippen molar-refractivity contribution in [2.45, 2.75) is 71.0 Å². The molecule has 0 N–H and O–H groups in total. The zero-order chi connectivity index (χ0) is 21.5. The zero-order valence-electron chi connectivity index (χ0n) is 17.8. The maximum Gasteiger partial charge on any atom is 0.417 e. The maximum absolute atomic E-state index is 12.8. The fourth-order valence-corrected chi connectivity index (χ4v) is 3.30. The molecule has 152 valence electrons.